The molecular formula is C29H26N4O2. The number of nitriles is 1. The van der Waals surface area contributed by atoms with Crippen molar-refractivity contribution in [3.05, 3.63) is 118 Å². The van der Waals surface area contributed by atoms with Crippen molar-refractivity contribution in [1.29, 1.82) is 5.26 Å². The second-order valence-electron chi connectivity index (χ2n) is 8.58. The molecule has 4 aromatic rings. The van der Waals surface area contributed by atoms with Gasteiger partial charge in [-0.1, -0.05) is 42.5 Å². The van der Waals surface area contributed by atoms with Crippen molar-refractivity contribution in [3.63, 3.8) is 0 Å². The Kier molecular flexibility index (Phi) is 7.00. The van der Waals surface area contributed by atoms with Crippen LogP contribution in [-0.2, 0) is 0 Å². The van der Waals surface area contributed by atoms with Crippen molar-refractivity contribution in [1.82, 2.24) is 15.3 Å². The van der Waals surface area contributed by atoms with Gasteiger partial charge >= 0.3 is 0 Å². The number of carbonyl (C=O) groups is 1. The average molecular weight is 463 g/mol. The molecule has 0 aliphatic carbocycles. The van der Waals surface area contributed by atoms with E-state index in [1.165, 1.54) is 0 Å². The number of aliphatic hydroxyl groups excluding tert-OH is 1. The van der Waals surface area contributed by atoms with Gasteiger partial charge in [-0.25, -0.2) is 9.97 Å². The standard InChI is InChI=1S/C29H26N4O2/c1-18-9-10-27(25(11-18)15-30)22-12-23(28(34)21-7-5-4-6-8-21)14-24(13-22)29(35)33-19(2)26-16-31-20(3)32-17-26/h4-14,16-17,19,28,34H,1-3H3,(H,33,35)/t19-,28?/m1/s1. The van der Waals surface area contributed by atoms with Crippen molar-refractivity contribution < 1.29 is 9.90 Å². The first-order valence-corrected chi connectivity index (χ1v) is 11.3. The Morgan fingerprint density at radius 3 is 2.34 bits per heavy atom. The molecule has 0 saturated heterocycles. The van der Waals surface area contributed by atoms with Crippen LogP contribution in [0.4, 0.5) is 0 Å². The first-order chi connectivity index (χ1) is 16.9. The third-order valence-corrected chi connectivity index (χ3v) is 5.90. The molecule has 6 heteroatoms. The highest BCUT2D eigenvalue weighted by atomic mass is 16.3. The van der Waals surface area contributed by atoms with Crippen LogP contribution in [0.1, 0.15) is 63.1 Å². The Hall–Kier alpha value is -4.34. The van der Waals surface area contributed by atoms with Gasteiger partial charge in [-0.05, 0) is 72.9 Å². The molecule has 1 unspecified atom stereocenters. The summed E-state index contributed by atoms with van der Waals surface area (Å²) in [6.07, 6.45) is 2.46. The summed E-state index contributed by atoms with van der Waals surface area (Å²) in [4.78, 5) is 21.7. The molecule has 0 spiro atoms. The zero-order valence-corrected chi connectivity index (χ0v) is 19.9. The fourth-order valence-corrected chi connectivity index (χ4v) is 3.92. The number of hydrogen-bond acceptors (Lipinski definition) is 5. The molecule has 3 aromatic carbocycles. The zero-order chi connectivity index (χ0) is 24.9. The van der Waals surface area contributed by atoms with Crippen LogP contribution in [0.15, 0.2) is 79.1 Å². The minimum Gasteiger partial charge on any atom is -0.384 e. The molecule has 0 saturated carbocycles. The van der Waals surface area contributed by atoms with E-state index in [4.69, 9.17) is 0 Å². The number of aliphatic hydroxyl groups is 1. The predicted molar refractivity (Wildman–Crippen MR) is 134 cm³/mol. The maximum atomic E-state index is 13.3. The maximum Gasteiger partial charge on any atom is 0.251 e. The zero-order valence-electron chi connectivity index (χ0n) is 19.9. The molecule has 0 aliphatic heterocycles. The number of hydrogen-bond donors (Lipinski definition) is 2. The van der Waals surface area contributed by atoms with E-state index in [0.29, 0.717) is 39.2 Å². The number of aryl methyl sites for hydroxylation is 2. The van der Waals surface area contributed by atoms with E-state index < -0.39 is 6.10 Å². The summed E-state index contributed by atoms with van der Waals surface area (Å²) in [6.45, 7) is 5.59. The third kappa shape index (κ3) is 5.43. The highest BCUT2D eigenvalue weighted by Crippen LogP contribution is 2.31. The van der Waals surface area contributed by atoms with E-state index in [1.807, 2.05) is 68.4 Å². The van der Waals surface area contributed by atoms with Gasteiger partial charge in [0.2, 0.25) is 0 Å². The molecule has 1 amide bonds. The van der Waals surface area contributed by atoms with Crippen molar-refractivity contribution in [2.45, 2.75) is 32.9 Å². The molecule has 174 valence electrons. The lowest BCUT2D eigenvalue weighted by molar-refractivity contribution is 0.0939. The minimum absolute atomic E-state index is 0.299. The summed E-state index contributed by atoms with van der Waals surface area (Å²) in [6, 6.07) is 22.1. The second kappa shape index (κ2) is 10.3. The SMILES string of the molecule is Cc1ccc(-c2cc(C(=O)N[C@H](C)c3cnc(C)nc3)cc(C(O)c3ccccc3)c2)c(C#N)c1. The van der Waals surface area contributed by atoms with Crippen molar-refractivity contribution >= 4 is 5.91 Å². The van der Waals surface area contributed by atoms with Crippen molar-refractivity contribution in [2.75, 3.05) is 0 Å². The van der Waals surface area contributed by atoms with E-state index >= 15 is 0 Å². The predicted octanol–water partition coefficient (Wildman–Crippen LogP) is 5.20. The number of nitrogens with one attached hydrogen (secondary N) is 1. The molecule has 0 fully saturated rings. The molecule has 2 N–H and O–H groups in total. The van der Waals surface area contributed by atoms with Gasteiger partial charge in [0.05, 0.1) is 17.7 Å². The largest absolute Gasteiger partial charge is 0.384 e. The Morgan fingerprint density at radius 2 is 1.66 bits per heavy atom. The van der Waals surface area contributed by atoms with Gasteiger partial charge in [0.25, 0.3) is 5.91 Å². The van der Waals surface area contributed by atoms with Crippen LogP contribution >= 0.6 is 0 Å². The van der Waals surface area contributed by atoms with E-state index in [0.717, 1.165) is 11.1 Å². The van der Waals surface area contributed by atoms with Crippen molar-refractivity contribution in [2.24, 2.45) is 0 Å². The molecule has 4 rings (SSSR count). The van der Waals surface area contributed by atoms with Gasteiger partial charge in [0.15, 0.2) is 0 Å². The molecule has 6 nitrogen and oxygen atoms in total. The van der Waals surface area contributed by atoms with Crippen LogP contribution in [0.25, 0.3) is 11.1 Å². The van der Waals surface area contributed by atoms with E-state index in [1.54, 1.807) is 31.5 Å². The normalized spacial score (nSPS) is 12.4. The van der Waals surface area contributed by atoms with Crippen LogP contribution in [0, 0.1) is 25.2 Å². The first kappa shape index (κ1) is 23.8. The summed E-state index contributed by atoms with van der Waals surface area (Å²) in [5.41, 5.74) is 5.32. The smallest absolute Gasteiger partial charge is 0.251 e. The Bertz CT molecular complexity index is 1390. The summed E-state index contributed by atoms with van der Waals surface area (Å²) in [5.74, 6) is 0.359. The maximum absolute atomic E-state index is 13.3. The first-order valence-electron chi connectivity index (χ1n) is 11.3. The van der Waals surface area contributed by atoms with E-state index in [2.05, 4.69) is 21.4 Å². The number of amides is 1. The quantitative estimate of drug-likeness (QED) is 0.410. The molecule has 0 radical (unpaired) electrons. The summed E-state index contributed by atoms with van der Waals surface area (Å²) < 4.78 is 0. The van der Waals surface area contributed by atoms with Gasteiger partial charge in [-0.15, -0.1) is 0 Å². The summed E-state index contributed by atoms with van der Waals surface area (Å²) in [5, 5.41) is 23.8. The molecular weight excluding hydrogens is 436 g/mol. The highest BCUT2D eigenvalue weighted by molar-refractivity contribution is 5.96. The number of carbonyl (C=O) groups excluding carboxylic acids is 1. The summed E-state index contributed by atoms with van der Waals surface area (Å²) >= 11 is 0. The van der Waals surface area contributed by atoms with Gasteiger partial charge in [0, 0.05) is 23.5 Å². The topological polar surface area (TPSA) is 98.9 Å². The molecule has 35 heavy (non-hydrogen) atoms. The Labute approximate surface area is 204 Å². The van der Waals surface area contributed by atoms with Crippen LogP contribution in [0.3, 0.4) is 0 Å². The Balaban J connectivity index is 1.76. The number of rotatable bonds is 6. The number of benzene rings is 3. The fraction of sp³-hybridized carbons (Fsp3) is 0.172. The third-order valence-electron chi connectivity index (χ3n) is 5.90. The molecule has 1 aromatic heterocycles. The molecule has 0 aliphatic rings. The van der Waals surface area contributed by atoms with Crippen LogP contribution in [-0.4, -0.2) is 21.0 Å². The van der Waals surface area contributed by atoms with Gasteiger partial charge < -0.3 is 10.4 Å². The van der Waals surface area contributed by atoms with Crippen LogP contribution in [0.2, 0.25) is 0 Å². The number of nitrogens with zero attached hydrogens (tertiary/aromatic N) is 3. The molecule has 0 bridgehead atoms. The summed E-state index contributed by atoms with van der Waals surface area (Å²) in [7, 11) is 0. The Morgan fingerprint density at radius 1 is 0.943 bits per heavy atom. The highest BCUT2D eigenvalue weighted by Gasteiger charge is 2.19. The second-order valence-corrected chi connectivity index (χ2v) is 8.58. The van der Waals surface area contributed by atoms with E-state index in [-0.39, 0.29) is 11.9 Å². The average Bonchev–Trinajstić information content (AvgIpc) is 2.88. The number of aromatic nitrogens is 2. The lowest BCUT2D eigenvalue weighted by Crippen LogP contribution is -2.27. The lowest BCUT2D eigenvalue weighted by Gasteiger charge is -2.18. The fourth-order valence-electron chi connectivity index (χ4n) is 3.92. The monoisotopic (exact) mass is 462 g/mol. The van der Waals surface area contributed by atoms with Gasteiger partial charge in [-0.3, -0.25) is 4.79 Å². The van der Waals surface area contributed by atoms with Crippen molar-refractivity contribution in [3.8, 4) is 17.2 Å². The van der Waals surface area contributed by atoms with E-state index in [9.17, 15) is 15.2 Å². The van der Waals surface area contributed by atoms with Crippen LogP contribution in [0.5, 0.6) is 0 Å². The molecule has 1 heterocycles. The molecule has 2 atom stereocenters. The van der Waals surface area contributed by atoms with Crippen LogP contribution < -0.4 is 5.32 Å². The minimum atomic E-state index is -0.929. The van der Waals surface area contributed by atoms with Gasteiger partial charge in [0.1, 0.15) is 11.9 Å². The lowest BCUT2D eigenvalue weighted by atomic mass is 9.92. The van der Waals surface area contributed by atoms with Gasteiger partial charge in [-0.2, -0.15) is 5.26 Å².